The minimum atomic E-state index is -5.40. The number of allylic oxidation sites excluding steroid dienone is 11. The molecule has 7 unspecified atom stereocenters. The lowest BCUT2D eigenvalue weighted by Gasteiger charge is -2.43. The lowest BCUT2D eigenvalue weighted by molar-refractivity contribution is -0.216. The van der Waals surface area contributed by atoms with E-state index < -0.39 is 95.7 Å². The second-order valence-electron chi connectivity index (χ2n) is 16.4. The number of carbonyl (C=O) groups excluding carboxylic acids is 2. The van der Waals surface area contributed by atoms with Gasteiger partial charge in [-0.1, -0.05) is 119 Å². The van der Waals surface area contributed by atoms with Crippen LogP contribution < -0.4 is 0 Å². The molecule has 0 heterocycles. The largest absolute Gasteiger partial charge is 0.472 e. The fourth-order valence-electron chi connectivity index (χ4n) is 6.67. The summed E-state index contributed by atoms with van der Waals surface area (Å²) in [6.45, 7) is 2.69. The molecule has 0 aromatic carbocycles. The van der Waals surface area contributed by atoms with Crippen LogP contribution in [0.2, 0.25) is 0 Å². The smallest absolute Gasteiger partial charge is 0.462 e. The van der Waals surface area contributed by atoms with E-state index in [4.69, 9.17) is 18.5 Å². The Morgan fingerprint density at radius 3 is 1.64 bits per heavy atom. The van der Waals surface area contributed by atoms with Gasteiger partial charge in [0.15, 0.2) is 6.10 Å². The third-order valence-electron chi connectivity index (χ3n) is 10.5. The molecule has 0 amide bonds. The van der Waals surface area contributed by atoms with Crippen molar-refractivity contribution in [1.29, 1.82) is 0 Å². The maximum atomic E-state index is 13.0. The first-order valence-corrected chi connectivity index (χ1v) is 26.7. The molecule has 20 heteroatoms. The molecular formula is C47H80O18P2. The van der Waals surface area contributed by atoms with E-state index in [9.17, 15) is 64.0 Å². The van der Waals surface area contributed by atoms with Crippen molar-refractivity contribution in [3.63, 3.8) is 0 Å². The number of hydrogen-bond donors (Lipinski definition) is 9. The number of aliphatic hydroxyl groups excluding tert-OH is 6. The van der Waals surface area contributed by atoms with Gasteiger partial charge in [0.05, 0.1) is 18.8 Å². The van der Waals surface area contributed by atoms with Gasteiger partial charge in [0.2, 0.25) is 0 Å². The van der Waals surface area contributed by atoms with Gasteiger partial charge in [-0.15, -0.1) is 0 Å². The molecule has 18 nitrogen and oxygen atoms in total. The molecule has 10 atom stereocenters. The van der Waals surface area contributed by atoms with Gasteiger partial charge in [-0.25, -0.2) is 9.13 Å². The second-order valence-corrected chi connectivity index (χ2v) is 19.0. The van der Waals surface area contributed by atoms with Crippen LogP contribution in [0.3, 0.4) is 0 Å². The van der Waals surface area contributed by atoms with Crippen molar-refractivity contribution in [2.75, 3.05) is 13.2 Å². The summed E-state index contributed by atoms with van der Waals surface area (Å²) >= 11 is 0. The highest BCUT2D eigenvalue weighted by Crippen LogP contribution is 2.49. The summed E-state index contributed by atoms with van der Waals surface area (Å²) in [6.07, 6.45) is 21.6. The van der Waals surface area contributed by atoms with E-state index in [0.29, 0.717) is 19.3 Å². The quantitative estimate of drug-likeness (QED) is 0.0133. The number of rotatable bonds is 38. The molecule has 0 spiro atoms. The first-order valence-electron chi connectivity index (χ1n) is 23.6. The summed E-state index contributed by atoms with van der Waals surface area (Å²) < 4.78 is 49.1. The molecule has 0 radical (unpaired) electrons. The Bertz CT molecular complexity index is 1610. The maximum absolute atomic E-state index is 13.0. The lowest BCUT2D eigenvalue weighted by Crippen LogP contribution is -2.64. The topological polar surface area (TPSA) is 296 Å². The second kappa shape index (κ2) is 37.2. The summed E-state index contributed by atoms with van der Waals surface area (Å²) in [7, 11) is -10.8. The minimum Gasteiger partial charge on any atom is -0.462 e. The zero-order chi connectivity index (χ0) is 49.9. The minimum absolute atomic E-state index is 0.0397. The van der Waals surface area contributed by atoms with Crippen molar-refractivity contribution in [2.24, 2.45) is 0 Å². The first-order chi connectivity index (χ1) is 31.9. The highest BCUT2D eigenvalue weighted by atomic mass is 31.2. The molecule has 0 saturated heterocycles. The summed E-state index contributed by atoms with van der Waals surface area (Å²) in [5.41, 5.74) is 0. The summed E-state index contributed by atoms with van der Waals surface area (Å²) in [6, 6.07) is 0. The fourth-order valence-corrected chi connectivity index (χ4v) is 8.21. The van der Waals surface area contributed by atoms with Gasteiger partial charge in [0.25, 0.3) is 0 Å². The van der Waals surface area contributed by atoms with Crippen molar-refractivity contribution >= 4 is 27.6 Å². The summed E-state index contributed by atoms with van der Waals surface area (Å²) in [4.78, 5) is 54.3. The van der Waals surface area contributed by atoms with Crippen LogP contribution in [0.1, 0.15) is 142 Å². The van der Waals surface area contributed by atoms with Crippen LogP contribution in [0.4, 0.5) is 0 Å². The van der Waals surface area contributed by atoms with Gasteiger partial charge < -0.3 is 54.8 Å². The molecule has 0 bridgehead atoms. The SMILES string of the molecule is CC/C=C\C/C=C\C/C=C\CCCCCCCC(=O)O[C@H](COC(=O)CCCC(O)C(O)C/C=C\C/C=C\C/C=C\CCCCC)COP(=O)(O)O[C@H]1C(O)C(O)C(O)[C@@H](OP(=O)(O)O)C1O. The third-order valence-corrected chi connectivity index (χ3v) is 12.0. The van der Waals surface area contributed by atoms with Crippen molar-refractivity contribution < 1.29 is 87.1 Å². The van der Waals surface area contributed by atoms with E-state index in [-0.39, 0.29) is 32.1 Å². The Balaban J connectivity index is 2.71. The van der Waals surface area contributed by atoms with E-state index in [1.54, 1.807) is 6.08 Å². The van der Waals surface area contributed by atoms with Crippen LogP contribution in [-0.2, 0) is 41.8 Å². The molecule has 0 aromatic heterocycles. The third kappa shape index (κ3) is 31.3. The standard InChI is InChI=1S/C47H80O18P2/c1-3-5-7-9-11-13-15-17-18-19-21-23-25-27-29-33-41(51)63-37(36-62-67(59,60)65-47-44(54)42(52)43(53)46(45(47)55)64-66(56,57)58)35-61-40(50)34-30-32-39(49)38(48)31-28-26-24-22-20-16-14-12-10-8-6-4-2/h5,7,11-14,17-18,20,22,26,28,37-39,42-49,52-55H,3-4,6,8-10,15-16,19,21,23-25,27,29-36H2,1-2H3,(H,59,60)(H2,56,57,58)/b7-5-,13-11-,14-12-,18-17-,22-20-,28-26-/t37-,38?,39?,42?,43?,44?,45?,46-,47+/m1/s1. The van der Waals surface area contributed by atoms with E-state index in [1.807, 2.05) is 12.2 Å². The predicted octanol–water partition coefficient (Wildman–Crippen LogP) is 6.78. The van der Waals surface area contributed by atoms with Gasteiger partial charge in [-0.05, 0) is 83.5 Å². The molecule has 1 rings (SSSR count). The van der Waals surface area contributed by atoms with E-state index in [1.165, 1.54) is 19.3 Å². The van der Waals surface area contributed by atoms with Crippen LogP contribution >= 0.6 is 15.6 Å². The molecule has 386 valence electrons. The van der Waals surface area contributed by atoms with Crippen molar-refractivity contribution in [1.82, 2.24) is 0 Å². The molecule has 9 N–H and O–H groups in total. The van der Waals surface area contributed by atoms with Crippen LogP contribution in [-0.4, -0.2) is 125 Å². The molecule has 1 saturated carbocycles. The molecule has 0 aromatic rings. The Labute approximate surface area is 397 Å². The van der Waals surface area contributed by atoms with Gasteiger partial charge in [-0.3, -0.25) is 23.2 Å². The zero-order valence-electron chi connectivity index (χ0n) is 39.3. The predicted molar refractivity (Wildman–Crippen MR) is 253 cm³/mol. The molecular weight excluding hydrogens is 914 g/mol. The highest BCUT2D eigenvalue weighted by Gasteiger charge is 2.54. The fraction of sp³-hybridized carbons (Fsp3) is 0.702. The average Bonchev–Trinajstić information content (AvgIpc) is 3.28. The van der Waals surface area contributed by atoms with Gasteiger partial charge in [0, 0.05) is 12.8 Å². The van der Waals surface area contributed by atoms with Gasteiger partial charge in [-0.2, -0.15) is 0 Å². The van der Waals surface area contributed by atoms with Gasteiger partial charge >= 0.3 is 27.6 Å². The number of unbranched alkanes of at least 4 members (excludes halogenated alkanes) is 8. The summed E-state index contributed by atoms with van der Waals surface area (Å²) in [5.74, 6) is -1.52. The Morgan fingerprint density at radius 1 is 0.552 bits per heavy atom. The van der Waals surface area contributed by atoms with Crippen molar-refractivity contribution in [3.05, 3.63) is 72.9 Å². The molecule has 1 fully saturated rings. The highest BCUT2D eigenvalue weighted by molar-refractivity contribution is 7.47. The number of ether oxygens (including phenoxy) is 2. The van der Waals surface area contributed by atoms with E-state index in [0.717, 1.165) is 57.8 Å². The molecule has 67 heavy (non-hydrogen) atoms. The molecule has 1 aliphatic carbocycles. The first kappa shape index (κ1) is 62.4. The number of phosphoric acid groups is 2. The van der Waals surface area contributed by atoms with Crippen molar-refractivity contribution in [3.8, 4) is 0 Å². The Kier molecular flexibility index (Phi) is 34.7. The maximum Gasteiger partial charge on any atom is 0.472 e. The number of aliphatic hydroxyl groups is 6. The lowest BCUT2D eigenvalue weighted by atomic mass is 9.85. The number of esters is 2. The van der Waals surface area contributed by atoms with Gasteiger partial charge in [0.1, 0.15) is 43.2 Å². The molecule has 1 aliphatic rings. The monoisotopic (exact) mass is 994 g/mol. The summed E-state index contributed by atoms with van der Waals surface area (Å²) in [5, 5.41) is 62.0. The van der Waals surface area contributed by atoms with Crippen LogP contribution in [0.15, 0.2) is 72.9 Å². The van der Waals surface area contributed by atoms with Crippen LogP contribution in [0.25, 0.3) is 0 Å². The number of carbonyl (C=O) groups is 2. The molecule has 0 aliphatic heterocycles. The Morgan fingerprint density at radius 2 is 1.06 bits per heavy atom. The van der Waals surface area contributed by atoms with E-state index in [2.05, 4.69) is 73.1 Å². The number of hydrogen-bond acceptors (Lipinski definition) is 15. The zero-order valence-corrected chi connectivity index (χ0v) is 41.1. The van der Waals surface area contributed by atoms with E-state index >= 15 is 0 Å². The van der Waals surface area contributed by atoms with Crippen LogP contribution in [0, 0.1) is 0 Å². The van der Waals surface area contributed by atoms with Crippen molar-refractivity contribution in [2.45, 2.75) is 197 Å². The van der Waals surface area contributed by atoms with Crippen LogP contribution in [0.5, 0.6) is 0 Å². The normalized spacial score (nSPS) is 23.0. The Hall–Kier alpha value is -2.64. The average molecular weight is 995 g/mol. The number of phosphoric ester groups is 2.